The average Bonchev–Trinajstić information content (AvgIpc) is 3.06. The lowest BCUT2D eigenvalue weighted by Crippen LogP contribution is -2.34. The van der Waals surface area contributed by atoms with E-state index in [-0.39, 0.29) is 17.8 Å². The van der Waals surface area contributed by atoms with Crippen LogP contribution in [0.15, 0.2) is 59.8 Å². The van der Waals surface area contributed by atoms with E-state index in [0.717, 1.165) is 24.8 Å². The van der Waals surface area contributed by atoms with Gasteiger partial charge in [0.05, 0.1) is 6.26 Å². The van der Waals surface area contributed by atoms with E-state index in [1.165, 1.54) is 11.8 Å². The van der Waals surface area contributed by atoms with Crippen molar-refractivity contribution in [1.82, 2.24) is 0 Å². The maximum atomic E-state index is 11.8. The molecule has 1 fully saturated rings. The van der Waals surface area contributed by atoms with Crippen LogP contribution in [0.2, 0.25) is 0 Å². The first-order valence-electron chi connectivity index (χ1n) is 8.04. The van der Waals surface area contributed by atoms with Gasteiger partial charge in [0, 0.05) is 0 Å². The normalized spacial score (nSPS) is 27.2. The molecule has 124 valence electrons. The van der Waals surface area contributed by atoms with Crippen molar-refractivity contribution in [1.29, 1.82) is 0 Å². The van der Waals surface area contributed by atoms with Gasteiger partial charge in [0.1, 0.15) is 6.61 Å². The van der Waals surface area contributed by atoms with Crippen LogP contribution in [-0.4, -0.2) is 12.6 Å². The average molecular weight is 314 g/mol. The zero-order valence-corrected chi connectivity index (χ0v) is 14.1. The number of furan rings is 1. The maximum Gasteiger partial charge on any atom is 0.374 e. The minimum atomic E-state index is -0.445. The fraction of sp³-hybridized carbons (Fsp3) is 0.450. The second-order valence-electron chi connectivity index (χ2n) is 6.79. The summed E-state index contributed by atoms with van der Waals surface area (Å²) in [5.74, 6) is 0.505. The van der Waals surface area contributed by atoms with Crippen LogP contribution in [-0.2, 0) is 4.74 Å². The lowest BCUT2D eigenvalue weighted by Gasteiger charge is -2.43. The molecule has 2 rings (SSSR count). The Bertz CT molecular complexity index is 596. The molecule has 3 heteroatoms. The highest BCUT2D eigenvalue weighted by atomic mass is 16.5. The van der Waals surface area contributed by atoms with E-state index in [2.05, 4.69) is 39.7 Å². The van der Waals surface area contributed by atoms with E-state index in [0.29, 0.717) is 11.8 Å². The van der Waals surface area contributed by atoms with Gasteiger partial charge in [-0.1, -0.05) is 31.7 Å². The summed E-state index contributed by atoms with van der Waals surface area (Å²) in [6, 6.07) is 3.26. The summed E-state index contributed by atoms with van der Waals surface area (Å²) in [5, 5.41) is 0. The van der Waals surface area contributed by atoms with Crippen molar-refractivity contribution in [2.45, 2.75) is 33.1 Å². The third-order valence-electron chi connectivity index (χ3n) is 5.10. The molecule has 1 heterocycles. The fourth-order valence-corrected chi connectivity index (χ4v) is 3.45. The first-order valence-corrected chi connectivity index (χ1v) is 8.04. The quantitative estimate of drug-likeness (QED) is 0.536. The van der Waals surface area contributed by atoms with E-state index in [9.17, 15) is 4.79 Å². The molecule has 0 amide bonds. The molecular formula is C20H26O3. The monoisotopic (exact) mass is 314 g/mol. The summed E-state index contributed by atoms with van der Waals surface area (Å²) in [6.45, 7) is 16.8. The van der Waals surface area contributed by atoms with Gasteiger partial charge in [-0.05, 0) is 61.1 Å². The van der Waals surface area contributed by atoms with Gasteiger partial charge in [0.25, 0.3) is 0 Å². The maximum absolute atomic E-state index is 11.8. The SMILES string of the molecule is C=C[C@]1(C)CC[C@@H](C(=C)COC(=O)c2ccco2)C[C@H]1C(=C)C. The van der Waals surface area contributed by atoms with Crippen LogP contribution in [0.3, 0.4) is 0 Å². The minimum absolute atomic E-state index is 0.0907. The first-order chi connectivity index (χ1) is 10.9. The molecule has 0 spiro atoms. The van der Waals surface area contributed by atoms with Gasteiger partial charge in [0.15, 0.2) is 0 Å². The summed E-state index contributed by atoms with van der Waals surface area (Å²) in [6.07, 6.45) is 6.57. The highest BCUT2D eigenvalue weighted by Crippen LogP contribution is 2.48. The van der Waals surface area contributed by atoms with Crippen molar-refractivity contribution < 1.29 is 13.9 Å². The predicted octanol–water partition coefficient (Wildman–Crippen LogP) is 5.18. The number of carbonyl (C=O) groups is 1. The lowest BCUT2D eigenvalue weighted by atomic mass is 9.61. The summed E-state index contributed by atoms with van der Waals surface area (Å²) < 4.78 is 10.3. The molecule has 0 aliphatic heterocycles. The molecule has 1 aliphatic carbocycles. The number of allylic oxidation sites excluding steroid dienone is 2. The van der Waals surface area contributed by atoms with Crippen LogP contribution in [0.1, 0.15) is 43.7 Å². The predicted molar refractivity (Wildman–Crippen MR) is 92.1 cm³/mol. The van der Waals surface area contributed by atoms with Crippen molar-refractivity contribution in [2.75, 3.05) is 6.61 Å². The van der Waals surface area contributed by atoms with Crippen molar-refractivity contribution in [3.8, 4) is 0 Å². The van der Waals surface area contributed by atoms with Crippen molar-refractivity contribution >= 4 is 5.97 Å². The van der Waals surface area contributed by atoms with E-state index < -0.39 is 5.97 Å². The number of hydrogen-bond donors (Lipinski definition) is 0. The molecule has 1 saturated carbocycles. The summed E-state index contributed by atoms with van der Waals surface area (Å²) in [4.78, 5) is 11.8. The van der Waals surface area contributed by atoms with Crippen molar-refractivity contribution in [2.24, 2.45) is 17.3 Å². The fourth-order valence-electron chi connectivity index (χ4n) is 3.45. The molecule has 0 N–H and O–H groups in total. The highest BCUT2D eigenvalue weighted by Gasteiger charge is 2.38. The van der Waals surface area contributed by atoms with E-state index in [1.807, 2.05) is 0 Å². The molecule has 0 unspecified atom stereocenters. The largest absolute Gasteiger partial charge is 0.457 e. The Kier molecular flexibility index (Phi) is 5.30. The van der Waals surface area contributed by atoms with Crippen molar-refractivity contribution in [3.05, 3.63) is 61.1 Å². The number of rotatable bonds is 6. The molecule has 0 saturated heterocycles. The number of carbonyl (C=O) groups excluding carboxylic acids is 1. The standard InChI is InChI=1S/C20H26O3/c1-6-20(5)10-9-16(12-17(20)14(2)3)15(4)13-23-19(21)18-8-7-11-22-18/h6-8,11,16-17H,1-2,4,9-10,12-13H2,3,5H3/t16-,17+,20-/m1/s1. The van der Waals surface area contributed by atoms with Gasteiger partial charge >= 0.3 is 5.97 Å². The van der Waals surface area contributed by atoms with Crippen LogP contribution >= 0.6 is 0 Å². The van der Waals surface area contributed by atoms with Gasteiger partial charge < -0.3 is 9.15 Å². The van der Waals surface area contributed by atoms with Crippen LogP contribution < -0.4 is 0 Å². The van der Waals surface area contributed by atoms with Crippen LogP contribution in [0, 0.1) is 17.3 Å². The Morgan fingerprint density at radius 1 is 1.52 bits per heavy atom. The number of hydrogen-bond acceptors (Lipinski definition) is 3. The molecule has 3 atom stereocenters. The number of esters is 1. The molecule has 1 aromatic rings. The third kappa shape index (κ3) is 3.84. The topological polar surface area (TPSA) is 39.4 Å². The summed E-state index contributed by atoms with van der Waals surface area (Å²) in [7, 11) is 0. The van der Waals surface area contributed by atoms with Crippen LogP contribution in [0.25, 0.3) is 0 Å². The molecular weight excluding hydrogens is 288 g/mol. The molecule has 0 aromatic carbocycles. The lowest BCUT2D eigenvalue weighted by molar-refractivity contribution is 0.0485. The van der Waals surface area contributed by atoms with E-state index in [4.69, 9.17) is 9.15 Å². The Morgan fingerprint density at radius 3 is 2.83 bits per heavy atom. The number of ether oxygens (including phenoxy) is 1. The zero-order valence-electron chi connectivity index (χ0n) is 14.1. The second kappa shape index (κ2) is 7.03. The van der Waals surface area contributed by atoms with Gasteiger partial charge in [0.2, 0.25) is 5.76 Å². The Hall–Kier alpha value is -2.03. The summed E-state index contributed by atoms with van der Waals surface area (Å²) >= 11 is 0. The Balaban J connectivity index is 1.94. The minimum Gasteiger partial charge on any atom is -0.457 e. The van der Waals surface area contributed by atoms with Crippen LogP contribution in [0.5, 0.6) is 0 Å². The first kappa shape index (κ1) is 17.3. The molecule has 0 radical (unpaired) electrons. The molecule has 1 aromatic heterocycles. The van der Waals surface area contributed by atoms with E-state index >= 15 is 0 Å². The smallest absolute Gasteiger partial charge is 0.374 e. The summed E-state index contributed by atoms with van der Waals surface area (Å²) in [5.41, 5.74) is 2.23. The van der Waals surface area contributed by atoms with E-state index in [1.54, 1.807) is 12.1 Å². The highest BCUT2D eigenvalue weighted by molar-refractivity contribution is 5.86. The van der Waals surface area contributed by atoms with Gasteiger partial charge in [-0.25, -0.2) is 4.79 Å². The Morgan fingerprint density at radius 2 is 2.26 bits per heavy atom. The third-order valence-corrected chi connectivity index (χ3v) is 5.10. The van der Waals surface area contributed by atoms with Crippen molar-refractivity contribution in [3.63, 3.8) is 0 Å². The molecule has 23 heavy (non-hydrogen) atoms. The molecule has 1 aliphatic rings. The van der Waals surface area contributed by atoms with Gasteiger partial charge in [-0.2, -0.15) is 0 Å². The molecule has 3 nitrogen and oxygen atoms in total. The second-order valence-corrected chi connectivity index (χ2v) is 6.79. The van der Waals surface area contributed by atoms with Crippen LogP contribution in [0.4, 0.5) is 0 Å². The zero-order chi connectivity index (χ0) is 17.0. The van der Waals surface area contributed by atoms with Gasteiger partial charge in [-0.3, -0.25) is 0 Å². The molecule has 0 bridgehead atoms. The Labute approximate surface area is 138 Å². The van der Waals surface area contributed by atoms with Gasteiger partial charge in [-0.15, -0.1) is 6.58 Å².